The molecule has 0 bridgehead atoms. The van der Waals surface area contributed by atoms with E-state index < -0.39 is 5.91 Å². The molecule has 3 N–H and O–H groups in total. The molecule has 3 aromatic rings. The van der Waals surface area contributed by atoms with Crippen LogP contribution in [0.2, 0.25) is 5.02 Å². The number of hydrogen-bond donors (Lipinski definition) is 3. The number of fused-ring (bicyclic) bond motifs is 1. The number of likely N-dealkylation sites (tertiary alicyclic amines) is 1. The molecule has 29 heavy (non-hydrogen) atoms. The molecule has 0 unspecified atom stereocenters. The van der Waals surface area contributed by atoms with E-state index in [1.54, 1.807) is 12.1 Å². The Morgan fingerprint density at radius 2 is 1.90 bits per heavy atom. The lowest BCUT2D eigenvalue weighted by Crippen LogP contribution is -2.51. The zero-order valence-electron chi connectivity index (χ0n) is 15.8. The van der Waals surface area contributed by atoms with Gasteiger partial charge >= 0.3 is 0 Å². The summed E-state index contributed by atoms with van der Waals surface area (Å²) in [6.07, 6.45) is 2.03. The van der Waals surface area contributed by atoms with Crippen LogP contribution in [-0.4, -0.2) is 46.6 Å². The molecule has 1 amide bonds. The fourth-order valence-corrected chi connectivity index (χ4v) is 3.61. The van der Waals surface area contributed by atoms with Gasteiger partial charge in [-0.05, 0) is 41.8 Å². The first-order valence-corrected chi connectivity index (χ1v) is 9.95. The quantitative estimate of drug-likeness (QED) is 0.581. The van der Waals surface area contributed by atoms with Crippen LogP contribution in [0.15, 0.2) is 53.5 Å². The number of nitrogens with zero attached hydrogens (tertiary/aromatic N) is 1. The lowest BCUT2D eigenvalue weighted by Gasteiger charge is -2.35. The van der Waals surface area contributed by atoms with Crippen LogP contribution in [0.1, 0.15) is 21.5 Å². The van der Waals surface area contributed by atoms with Gasteiger partial charge < -0.3 is 15.4 Å². The van der Waals surface area contributed by atoms with E-state index in [1.165, 1.54) is 6.20 Å². The molecule has 2 aromatic carbocycles. The van der Waals surface area contributed by atoms with E-state index in [9.17, 15) is 14.7 Å². The topological polar surface area (TPSA) is 85.4 Å². The van der Waals surface area contributed by atoms with E-state index in [0.717, 1.165) is 24.1 Å². The number of H-pyrrole nitrogens is 1. The third-order valence-electron chi connectivity index (χ3n) is 5.21. The van der Waals surface area contributed by atoms with Crippen LogP contribution in [0.25, 0.3) is 10.9 Å². The van der Waals surface area contributed by atoms with Crippen LogP contribution in [0.4, 0.5) is 0 Å². The van der Waals surface area contributed by atoms with Crippen molar-refractivity contribution in [2.24, 2.45) is 0 Å². The third-order valence-corrected chi connectivity index (χ3v) is 5.46. The van der Waals surface area contributed by atoms with Crippen molar-refractivity contribution in [1.82, 2.24) is 15.2 Å². The molecule has 0 aliphatic carbocycles. The van der Waals surface area contributed by atoms with Crippen molar-refractivity contribution in [3.63, 3.8) is 0 Å². The number of aliphatic hydroxyl groups excluding tert-OH is 1. The fraction of sp³-hybridized carbons (Fsp3) is 0.273. The first-order chi connectivity index (χ1) is 14.0. The number of pyridine rings is 1. The second kappa shape index (κ2) is 8.37. The van der Waals surface area contributed by atoms with E-state index in [2.05, 4.69) is 15.2 Å². The summed E-state index contributed by atoms with van der Waals surface area (Å²) in [7, 11) is 0. The molecule has 2 heterocycles. The molecule has 1 fully saturated rings. The Bertz CT molecular complexity index is 1090. The van der Waals surface area contributed by atoms with Crippen molar-refractivity contribution in [1.29, 1.82) is 0 Å². The van der Waals surface area contributed by atoms with E-state index in [-0.39, 0.29) is 17.1 Å². The minimum atomic E-state index is -0.414. The maximum Gasteiger partial charge on any atom is 0.257 e. The van der Waals surface area contributed by atoms with Gasteiger partial charge in [0.1, 0.15) is 5.56 Å². The van der Waals surface area contributed by atoms with Gasteiger partial charge in [-0.15, -0.1) is 0 Å². The molecule has 4 rings (SSSR count). The number of aromatic nitrogens is 1. The summed E-state index contributed by atoms with van der Waals surface area (Å²) in [6, 6.07) is 12.9. The normalized spacial score (nSPS) is 14.7. The van der Waals surface area contributed by atoms with Gasteiger partial charge in [0, 0.05) is 48.3 Å². The zero-order valence-corrected chi connectivity index (χ0v) is 16.6. The average Bonchev–Trinajstić information content (AvgIpc) is 2.70. The molecule has 150 valence electrons. The first-order valence-electron chi connectivity index (χ1n) is 9.57. The molecule has 1 aliphatic rings. The van der Waals surface area contributed by atoms with Gasteiger partial charge in [-0.2, -0.15) is 0 Å². The maximum absolute atomic E-state index is 12.9. The van der Waals surface area contributed by atoms with E-state index >= 15 is 0 Å². The fourth-order valence-electron chi connectivity index (χ4n) is 3.48. The maximum atomic E-state index is 12.9. The van der Waals surface area contributed by atoms with Gasteiger partial charge in [0.25, 0.3) is 5.91 Å². The molecule has 0 spiro atoms. The number of amides is 1. The number of carbonyl (C=O) groups is 1. The number of nitrogens with one attached hydrogen (secondary N) is 2. The Balaban J connectivity index is 1.48. The molecule has 1 aromatic heterocycles. The van der Waals surface area contributed by atoms with E-state index in [4.69, 9.17) is 11.6 Å². The lowest BCUT2D eigenvalue weighted by molar-refractivity contribution is 0.00311. The predicted molar refractivity (Wildman–Crippen MR) is 113 cm³/mol. The molecule has 1 aliphatic heterocycles. The Hall–Kier alpha value is -2.67. The van der Waals surface area contributed by atoms with Crippen molar-refractivity contribution in [3.05, 3.63) is 80.6 Å². The number of rotatable bonds is 6. The number of aromatic amines is 1. The number of β-amino-alcohol motifs (C(OH)–C–C–N with tert-alkyl or cyclic N) is 1. The molecular weight excluding hydrogens is 390 g/mol. The van der Waals surface area contributed by atoms with Gasteiger partial charge in [0.15, 0.2) is 0 Å². The lowest BCUT2D eigenvalue weighted by atomic mass is 10.0. The molecule has 6 nitrogen and oxygen atoms in total. The van der Waals surface area contributed by atoms with Crippen LogP contribution in [0, 0.1) is 0 Å². The van der Waals surface area contributed by atoms with Gasteiger partial charge in [0.05, 0.1) is 6.10 Å². The summed E-state index contributed by atoms with van der Waals surface area (Å²) in [4.78, 5) is 30.6. The van der Waals surface area contributed by atoms with Crippen molar-refractivity contribution in [2.45, 2.75) is 19.1 Å². The van der Waals surface area contributed by atoms with Crippen LogP contribution in [0.5, 0.6) is 0 Å². The largest absolute Gasteiger partial charge is 0.390 e. The summed E-state index contributed by atoms with van der Waals surface area (Å²) in [5.41, 5.74) is 2.44. The summed E-state index contributed by atoms with van der Waals surface area (Å²) in [6.45, 7) is 2.55. The smallest absolute Gasteiger partial charge is 0.257 e. The predicted octanol–water partition coefficient (Wildman–Crippen LogP) is 2.33. The van der Waals surface area contributed by atoms with Crippen molar-refractivity contribution in [2.75, 3.05) is 19.6 Å². The van der Waals surface area contributed by atoms with Crippen molar-refractivity contribution >= 4 is 28.4 Å². The van der Waals surface area contributed by atoms with Crippen LogP contribution < -0.4 is 10.7 Å². The number of halogens is 1. The Morgan fingerprint density at radius 1 is 1.17 bits per heavy atom. The number of benzene rings is 2. The summed E-state index contributed by atoms with van der Waals surface area (Å²) >= 11 is 5.87. The van der Waals surface area contributed by atoms with E-state index in [1.807, 2.05) is 30.3 Å². The van der Waals surface area contributed by atoms with Crippen LogP contribution in [0.3, 0.4) is 0 Å². The SMILES string of the molecule is O=C(NCc1ccc(Cl)cc1)c1c[nH]c2ccc(CCN3CC(O)C3)cc2c1=O. The molecular formula is C22H22ClN3O3. The standard InChI is InChI=1S/C22H22ClN3O3/c23-16-4-1-15(2-5-16)10-25-22(29)19-11-24-20-6-3-14(9-18(20)21(19)28)7-8-26-12-17(27)13-26/h1-6,9,11,17,27H,7-8,10,12-13H2,(H,24,28)(H,25,29). The van der Waals surface area contributed by atoms with Gasteiger partial charge in [-0.1, -0.05) is 29.8 Å². The van der Waals surface area contributed by atoms with Gasteiger partial charge in [-0.3, -0.25) is 14.5 Å². The first kappa shape index (κ1) is 19.6. The molecule has 0 atom stereocenters. The van der Waals surface area contributed by atoms with Crippen LogP contribution >= 0.6 is 11.6 Å². The highest BCUT2D eigenvalue weighted by Crippen LogP contribution is 2.14. The highest BCUT2D eigenvalue weighted by atomic mass is 35.5. The average molecular weight is 412 g/mol. The highest BCUT2D eigenvalue weighted by Gasteiger charge is 2.23. The summed E-state index contributed by atoms with van der Waals surface area (Å²) < 4.78 is 0. The Morgan fingerprint density at radius 3 is 2.62 bits per heavy atom. The van der Waals surface area contributed by atoms with Crippen molar-refractivity contribution in [3.8, 4) is 0 Å². The minimum absolute atomic E-state index is 0.0921. The summed E-state index contributed by atoms with van der Waals surface area (Å²) in [5, 5.41) is 13.3. The summed E-state index contributed by atoms with van der Waals surface area (Å²) in [5.74, 6) is -0.414. The minimum Gasteiger partial charge on any atom is -0.390 e. The second-order valence-corrected chi connectivity index (χ2v) is 7.82. The van der Waals surface area contributed by atoms with E-state index in [0.29, 0.717) is 35.6 Å². The molecule has 0 radical (unpaired) electrons. The molecule has 0 saturated carbocycles. The van der Waals surface area contributed by atoms with Gasteiger partial charge in [-0.25, -0.2) is 0 Å². The third kappa shape index (κ3) is 4.50. The number of carbonyl (C=O) groups excluding carboxylic acids is 1. The number of hydrogen-bond acceptors (Lipinski definition) is 4. The monoisotopic (exact) mass is 411 g/mol. The molecule has 1 saturated heterocycles. The highest BCUT2D eigenvalue weighted by molar-refractivity contribution is 6.30. The van der Waals surface area contributed by atoms with Gasteiger partial charge in [0.2, 0.25) is 5.43 Å². The Labute approximate surface area is 173 Å². The Kier molecular flexibility index (Phi) is 5.67. The van der Waals surface area contributed by atoms with Crippen molar-refractivity contribution < 1.29 is 9.90 Å². The number of aliphatic hydroxyl groups is 1. The molecule has 7 heteroatoms. The zero-order chi connectivity index (χ0) is 20.4. The van der Waals surface area contributed by atoms with Crippen LogP contribution in [-0.2, 0) is 13.0 Å². The second-order valence-electron chi connectivity index (χ2n) is 7.38.